The first-order valence-corrected chi connectivity index (χ1v) is 7.77. The van der Waals surface area contributed by atoms with E-state index in [2.05, 4.69) is 10.3 Å². The Morgan fingerprint density at radius 1 is 1.26 bits per heavy atom. The van der Waals surface area contributed by atoms with Crippen molar-refractivity contribution in [2.24, 2.45) is 5.73 Å². The molecule has 0 aliphatic rings. The molecule has 1 aromatic carbocycles. The zero-order chi connectivity index (χ0) is 16.9. The van der Waals surface area contributed by atoms with Crippen molar-refractivity contribution in [2.45, 2.75) is 32.2 Å². The molecule has 1 aromatic heterocycles. The Morgan fingerprint density at radius 2 is 1.96 bits per heavy atom. The van der Waals surface area contributed by atoms with Gasteiger partial charge in [0.2, 0.25) is 0 Å². The predicted octanol–water partition coefficient (Wildman–Crippen LogP) is 3.14. The van der Waals surface area contributed by atoms with E-state index in [1.165, 1.54) is 12.3 Å². The number of aromatic nitrogens is 1. The molecule has 0 spiro atoms. The van der Waals surface area contributed by atoms with Gasteiger partial charge in [-0.1, -0.05) is 32.0 Å². The molecule has 0 aliphatic heterocycles. The lowest BCUT2D eigenvalue weighted by Crippen LogP contribution is -2.52. The summed E-state index contributed by atoms with van der Waals surface area (Å²) in [5.74, 6) is -0.588. The number of nitrogens with two attached hydrogens (primary N) is 1. The van der Waals surface area contributed by atoms with Crippen LogP contribution < -0.4 is 11.1 Å². The topological polar surface area (TPSA) is 68.0 Å². The number of nitrogens with one attached hydrogen (secondary N) is 1. The Balaban J connectivity index is 2.30. The highest BCUT2D eigenvalue weighted by atomic mass is 19.1. The lowest BCUT2D eigenvalue weighted by Gasteiger charge is -2.31. The quantitative estimate of drug-likeness (QED) is 0.860. The first-order chi connectivity index (χ1) is 11.0. The molecule has 2 rings (SSSR count). The molecule has 3 N–H and O–H groups in total. The van der Waals surface area contributed by atoms with Crippen LogP contribution in [0.25, 0.3) is 11.1 Å². The minimum absolute atomic E-state index is 0.246. The van der Waals surface area contributed by atoms with Crippen LogP contribution in [0.2, 0.25) is 0 Å². The molecule has 0 unspecified atom stereocenters. The van der Waals surface area contributed by atoms with Gasteiger partial charge < -0.3 is 11.1 Å². The largest absolute Gasteiger partial charge is 0.345 e. The van der Waals surface area contributed by atoms with Crippen LogP contribution in [0.1, 0.15) is 37.0 Å². The van der Waals surface area contributed by atoms with E-state index < -0.39 is 5.54 Å². The van der Waals surface area contributed by atoms with Gasteiger partial charge in [0.1, 0.15) is 5.82 Å². The summed E-state index contributed by atoms with van der Waals surface area (Å²) >= 11 is 0. The van der Waals surface area contributed by atoms with Gasteiger partial charge >= 0.3 is 0 Å². The molecule has 4 nitrogen and oxygen atoms in total. The highest BCUT2D eigenvalue weighted by molar-refractivity contribution is 5.95. The average molecular weight is 315 g/mol. The van der Waals surface area contributed by atoms with Gasteiger partial charge in [-0.05, 0) is 25.0 Å². The summed E-state index contributed by atoms with van der Waals surface area (Å²) < 4.78 is 13.9. The molecule has 0 fully saturated rings. The van der Waals surface area contributed by atoms with Crippen molar-refractivity contribution in [3.8, 4) is 11.1 Å². The molecule has 0 bridgehead atoms. The SMILES string of the molecule is CCC(CC)(CN)NC(=O)c1cncc(-c2ccccc2F)c1. The summed E-state index contributed by atoms with van der Waals surface area (Å²) in [6, 6.07) is 8.07. The number of hydrogen-bond acceptors (Lipinski definition) is 3. The van der Waals surface area contributed by atoms with Gasteiger partial charge in [-0.15, -0.1) is 0 Å². The zero-order valence-electron chi connectivity index (χ0n) is 13.5. The van der Waals surface area contributed by atoms with Crippen molar-refractivity contribution in [1.82, 2.24) is 10.3 Å². The maximum Gasteiger partial charge on any atom is 0.253 e. The third-order valence-corrected chi connectivity index (χ3v) is 4.31. The molecular weight excluding hydrogens is 293 g/mol. The van der Waals surface area contributed by atoms with Crippen molar-refractivity contribution < 1.29 is 9.18 Å². The normalized spacial score (nSPS) is 11.3. The number of carbonyl (C=O) groups excluding carboxylic acids is 1. The maximum absolute atomic E-state index is 13.9. The molecule has 1 amide bonds. The third-order valence-electron chi connectivity index (χ3n) is 4.31. The van der Waals surface area contributed by atoms with Gasteiger partial charge in [-0.3, -0.25) is 9.78 Å². The number of rotatable bonds is 6. The van der Waals surface area contributed by atoms with Crippen LogP contribution >= 0.6 is 0 Å². The fourth-order valence-corrected chi connectivity index (χ4v) is 2.49. The van der Waals surface area contributed by atoms with E-state index >= 15 is 0 Å². The van der Waals surface area contributed by atoms with Crippen LogP contribution in [0.15, 0.2) is 42.7 Å². The van der Waals surface area contributed by atoms with E-state index in [1.54, 1.807) is 30.5 Å². The molecule has 0 saturated carbocycles. The monoisotopic (exact) mass is 315 g/mol. The number of pyridine rings is 1. The zero-order valence-corrected chi connectivity index (χ0v) is 13.5. The molecule has 2 aromatic rings. The molecule has 122 valence electrons. The first-order valence-electron chi connectivity index (χ1n) is 7.77. The van der Waals surface area contributed by atoms with E-state index in [9.17, 15) is 9.18 Å². The van der Waals surface area contributed by atoms with E-state index in [-0.39, 0.29) is 11.7 Å². The van der Waals surface area contributed by atoms with E-state index in [1.807, 2.05) is 13.8 Å². The Kier molecular flexibility index (Phi) is 5.45. The van der Waals surface area contributed by atoms with Crippen molar-refractivity contribution in [3.63, 3.8) is 0 Å². The minimum atomic E-state index is -0.426. The Labute approximate surface area is 135 Å². The Morgan fingerprint density at radius 3 is 2.57 bits per heavy atom. The van der Waals surface area contributed by atoms with Gasteiger partial charge in [0.25, 0.3) is 5.91 Å². The highest BCUT2D eigenvalue weighted by Gasteiger charge is 2.27. The molecule has 0 aliphatic carbocycles. The van der Waals surface area contributed by atoms with Gasteiger partial charge in [0, 0.05) is 30.1 Å². The summed E-state index contributed by atoms with van der Waals surface area (Å²) in [5, 5.41) is 2.99. The Bertz CT molecular complexity index is 675. The second kappa shape index (κ2) is 7.33. The van der Waals surface area contributed by atoms with Gasteiger partial charge in [-0.25, -0.2) is 4.39 Å². The average Bonchev–Trinajstić information content (AvgIpc) is 2.60. The molecule has 23 heavy (non-hydrogen) atoms. The summed E-state index contributed by atoms with van der Waals surface area (Å²) in [5.41, 5.74) is 6.78. The van der Waals surface area contributed by atoms with Gasteiger partial charge in [0.05, 0.1) is 11.1 Å². The fourth-order valence-electron chi connectivity index (χ4n) is 2.49. The standard InChI is InChI=1S/C18H22FN3O/c1-3-18(4-2,12-20)22-17(23)14-9-13(10-21-11-14)15-7-5-6-8-16(15)19/h5-11H,3-4,12,20H2,1-2H3,(H,22,23). The number of carbonyl (C=O) groups is 1. The lowest BCUT2D eigenvalue weighted by molar-refractivity contribution is 0.0895. The van der Waals surface area contributed by atoms with Crippen LogP contribution in [0.5, 0.6) is 0 Å². The van der Waals surface area contributed by atoms with E-state index in [0.717, 1.165) is 12.8 Å². The predicted molar refractivity (Wildman–Crippen MR) is 89.5 cm³/mol. The smallest absolute Gasteiger partial charge is 0.253 e. The molecule has 1 heterocycles. The molecular formula is C18H22FN3O. The number of benzene rings is 1. The van der Waals surface area contributed by atoms with Crippen LogP contribution in [-0.4, -0.2) is 23.0 Å². The maximum atomic E-state index is 13.9. The fraction of sp³-hybridized carbons (Fsp3) is 0.333. The van der Waals surface area contributed by atoms with Crippen molar-refractivity contribution >= 4 is 5.91 Å². The lowest BCUT2D eigenvalue weighted by atomic mass is 9.92. The minimum Gasteiger partial charge on any atom is -0.345 e. The number of hydrogen-bond donors (Lipinski definition) is 2. The third kappa shape index (κ3) is 3.74. The van der Waals surface area contributed by atoms with Gasteiger partial charge in [-0.2, -0.15) is 0 Å². The van der Waals surface area contributed by atoms with E-state index in [4.69, 9.17) is 5.73 Å². The van der Waals surface area contributed by atoms with Crippen LogP contribution in [0, 0.1) is 5.82 Å². The first kappa shape index (κ1) is 17.1. The number of halogens is 1. The summed E-state index contributed by atoms with van der Waals surface area (Å²) in [7, 11) is 0. The molecule has 0 saturated heterocycles. The molecule has 0 radical (unpaired) electrons. The summed E-state index contributed by atoms with van der Waals surface area (Å²) in [6.07, 6.45) is 4.51. The second-order valence-electron chi connectivity index (χ2n) is 5.59. The van der Waals surface area contributed by atoms with Crippen LogP contribution in [-0.2, 0) is 0 Å². The van der Waals surface area contributed by atoms with Crippen LogP contribution in [0.3, 0.4) is 0 Å². The summed E-state index contributed by atoms with van der Waals surface area (Å²) in [6.45, 7) is 4.35. The van der Waals surface area contributed by atoms with Crippen LogP contribution in [0.4, 0.5) is 4.39 Å². The number of nitrogens with zero attached hydrogens (tertiary/aromatic N) is 1. The van der Waals surface area contributed by atoms with Crippen molar-refractivity contribution in [3.05, 3.63) is 54.1 Å². The molecule has 5 heteroatoms. The van der Waals surface area contributed by atoms with Crippen molar-refractivity contribution in [1.29, 1.82) is 0 Å². The Hall–Kier alpha value is -2.27. The van der Waals surface area contributed by atoms with E-state index in [0.29, 0.717) is 23.2 Å². The van der Waals surface area contributed by atoms with Gasteiger partial charge in [0.15, 0.2) is 0 Å². The molecule has 0 atom stereocenters. The van der Waals surface area contributed by atoms with Crippen molar-refractivity contribution in [2.75, 3.05) is 6.54 Å². The number of amides is 1. The second-order valence-corrected chi connectivity index (χ2v) is 5.59. The summed E-state index contributed by atoms with van der Waals surface area (Å²) in [4.78, 5) is 16.6. The highest BCUT2D eigenvalue weighted by Crippen LogP contribution is 2.23.